The molecule has 0 aromatic heterocycles. The van der Waals surface area contributed by atoms with Gasteiger partial charge in [0.2, 0.25) is 0 Å². The number of hydrogen-bond donors (Lipinski definition) is 0. The van der Waals surface area contributed by atoms with Gasteiger partial charge in [-0.3, -0.25) is 0 Å². The van der Waals surface area contributed by atoms with Crippen LogP contribution >= 0.6 is 0 Å². The fourth-order valence-electron chi connectivity index (χ4n) is 1.68. The quantitative estimate of drug-likeness (QED) is 0.504. The van der Waals surface area contributed by atoms with Gasteiger partial charge in [-0.05, 0) is 20.8 Å². The van der Waals surface area contributed by atoms with Crippen LogP contribution in [0, 0.1) is 0 Å². The van der Waals surface area contributed by atoms with E-state index in [1.807, 2.05) is 39.0 Å². The molecule has 0 heterocycles. The highest BCUT2D eigenvalue weighted by molar-refractivity contribution is 6.56. The van der Waals surface area contributed by atoms with E-state index in [1.54, 1.807) is 0 Å². The highest BCUT2D eigenvalue weighted by Gasteiger charge is 2.33. The molecular weight excluding hydrogens is 244 g/mol. The van der Waals surface area contributed by atoms with Gasteiger partial charge in [0, 0.05) is 19.8 Å². The standard InChI is InChI=1S/C14H22O3Si/c1-4-15-12-14(16-5-2,17-6-3)18-13-10-8-7-9-11-13/h7-11H,4-6,12H2,1-3H3. The Morgan fingerprint density at radius 3 is 2.06 bits per heavy atom. The highest BCUT2D eigenvalue weighted by atomic mass is 28.2. The van der Waals surface area contributed by atoms with Gasteiger partial charge in [0.25, 0.3) is 0 Å². The lowest BCUT2D eigenvalue weighted by atomic mass is 10.4. The second-order valence-corrected chi connectivity index (χ2v) is 5.34. The molecule has 1 rings (SSSR count). The van der Waals surface area contributed by atoms with Crippen molar-refractivity contribution in [3.05, 3.63) is 30.3 Å². The van der Waals surface area contributed by atoms with Crippen LogP contribution in [-0.2, 0) is 14.2 Å². The third-order valence-electron chi connectivity index (χ3n) is 2.36. The van der Waals surface area contributed by atoms with E-state index in [-0.39, 0.29) is 0 Å². The first kappa shape index (κ1) is 15.4. The summed E-state index contributed by atoms with van der Waals surface area (Å²) in [5.74, 6) is 0. The lowest BCUT2D eigenvalue weighted by Gasteiger charge is -2.32. The fraction of sp³-hybridized carbons (Fsp3) is 0.571. The lowest BCUT2D eigenvalue weighted by Crippen LogP contribution is -2.51. The average Bonchev–Trinajstić information content (AvgIpc) is 2.38. The van der Waals surface area contributed by atoms with Crippen molar-refractivity contribution in [3.8, 4) is 0 Å². The van der Waals surface area contributed by atoms with E-state index in [2.05, 4.69) is 12.1 Å². The van der Waals surface area contributed by atoms with Gasteiger partial charge < -0.3 is 14.2 Å². The zero-order valence-corrected chi connectivity index (χ0v) is 12.4. The molecule has 0 atom stereocenters. The van der Waals surface area contributed by atoms with Gasteiger partial charge in [0.05, 0.1) is 6.61 Å². The molecule has 0 saturated carbocycles. The molecule has 0 saturated heterocycles. The van der Waals surface area contributed by atoms with E-state index >= 15 is 0 Å². The van der Waals surface area contributed by atoms with E-state index < -0.39 is 5.41 Å². The summed E-state index contributed by atoms with van der Waals surface area (Å²) in [7, 11) is 0.420. The molecule has 0 fully saturated rings. The summed E-state index contributed by atoms with van der Waals surface area (Å²) in [6.07, 6.45) is 0. The molecule has 0 aliphatic carbocycles. The number of rotatable bonds is 9. The zero-order chi connectivity index (χ0) is 13.3. The minimum Gasteiger partial charge on any atom is -0.377 e. The molecule has 0 spiro atoms. The van der Waals surface area contributed by atoms with Crippen molar-refractivity contribution >= 4 is 14.7 Å². The van der Waals surface area contributed by atoms with Crippen molar-refractivity contribution in [1.29, 1.82) is 0 Å². The summed E-state index contributed by atoms with van der Waals surface area (Å²) in [6.45, 7) is 8.32. The second-order valence-electron chi connectivity index (χ2n) is 3.75. The Morgan fingerprint density at radius 1 is 0.944 bits per heavy atom. The Bertz CT molecular complexity index is 310. The second kappa shape index (κ2) is 8.42. The van der Waals surface area contributed by atoms with Crippen molar-refractivity contribution < 1.29 is 14.2 Å². The van der Waals surface area contributed by atoms with Crippen molar-refractivity contribution in [3.63, 3.8) is 0 Å². The number of hydrogen-bond acceptors (Lipinski definition) is 3. The summed E-state index contributed by atoms with van der Waals surface area (Å²) in [5, 5.41) is 1.22. The Kier molecular flexibility index (Phi) is 7.20. The van der Waals surface area contributed by atoms with Crippen molar-refractivity contribution in [2.24, 2.45) is 0 Å². The van der Waals surface area contributed by atoms with Crippen LogP contribution in [0.1, 0.15) is 20.8 Å². The summed E-state index contributed by atoms with van der Waals surface area (Å²) in [4.78, 5) is 0. The Hall–Kier alpha value is -0.683. The Balaban J connectivity index is 2.79. The molecule has 0 unspecified atom stereocenters. The van der Waals surface area contributed by atoms with Crippen LogP contribution in [0.3, 0.4) is 0 Å². The largest absolute Gasteiger partial charge is 0.377 e. The molecule has 100 valence electrons. The number of benzene rings is 1. The molecule has 0 N–H and O–H groups in total. The third-order valence-corrected chi connectivity index (χ3v) is 3.80. The summed E-state index contributed by atoms with van der Waals surface area (Å²) < 4.78 is 17.2. The molecular formula is C14H22O3Si. The molecule has 0 aliphatic rings. The lowest BCUT2D eigenvalue weighted by molar-refractivity contribution is -0.202. The normalized spacial score (nSPS) is 11.7. The van der Waals surface area contributed by atoms with Crippen LogP contribution in [0.15, 0.2) is 30.3 Å². The Labute approximate surface area is 112 Å². The van der Waals surface area contributed by atoms with E-state index in [0.29, 0.717) is 35.9 Å². The van der Waals surface area contributed by atoms with Gasteiger partial charge in [-0.1, -0.05) is 35.5 Å². The number of ether oxygens (including phenoxy) is 3. The molecule has 18 heavy (non-hydrogen) atoms. The monoisotopic (exact) mass is 266 g/mol. The van der Waals surface area contributed by atoms with E-state index in [1.165, 1.54) is 5.19 Å². The minimum atomic E-state index is -0.638. The maximum absolute atomic E-state index is 5.84. The van der Waals surface area contributed by atoms with Crippen LogP contribution in [-0.4, -0.2) is 41.4 Å². The SMILES string of the molecule is CCOCC(OCC)(OCC)[Si]c1ccccc1. The first-order chi connectivity index (χ1) is 8.76. The van der Waals surface area contributed by atoms with E-state index in [4.69, 9.17) is 14.2 Å². The van der Waals surface area contributed by atoms with Crippen LogP contribution in [0.25, 0.3) is 0 Å². The van der Waals surface area contributed by atoms with Gasteiger partial charge in [0.15, 0.2) is 14.9 Å². The minimum absolute atomic E-state index is 0.420. The van der Waals surface area contributed by atoms with Gasteiger partial charge in [-0.2, -0.15) is 0 Å². The van der Waals surface area contributed by atoms with Crippen LogP contribution in [0.2, 0.25) is 0 Å². The molecule has 1 aromatic rings. The maximum atomic E-state index is 5.84. The van der Waals surface area contributed by atoms with Gasteiger partial charge in [-0.15, -0.1) is 0 Å². The van der Waals surface area contributed by atoms with Gasteiger partial charge >= 0.3 is 0 Å². The maximum Gasteiger partial charge on any atom is 0.175 e. The molecule has 0 amide bonds. The molecule has 2 radical (unpaired) electrons. The summed E-state index contributed by atoms with van der Waals surface area (Å²) in [6, 6.07) is 10.3. The smallest absolute Gasteiger partial charge is 0.175 e. The molecule has 3 nitrogen and oxygen atoms in total. The predicted octanol–water partition coefficient (Wildman–Crippen LogP) is 1.78. The van der Waals surface area contributed by atoms with Crippen molar-refractivity contribution in [2.45, 2.75) is 26.2 Å². The summed E-state index contributed by atoms with van der Waals surface area (Å²) in [5.41, 5.74) is -0.638. The fourth-order valence-corrected chi connectivity index (χ4v) is 3.08. The van der Waals surface area contributed by atoms with Crippen LogP contribution in [0.5, 0.6) is 0 Å². The van der Waals surface area contributed by atoms with Crippen molar-refractivity contribution in [1.82, 2.24) is 0 Å². The first-order valence-electron chi connectivity index (χ1n) is 6.45. The predicted molar refractivity (Wildman–Crippen MR) is 74.3 cm³/mol. The highest BCUT2D eigenvalue weighted by Crippen LogP contribution is 2.13. The topological polar surface area (TPSA) is 27.7 Å². The van der Waals surface area contributed by atoms with Crippen LogP contribution < -0.4 is 5.19 Å². The molecule has 1 aromatic carbocycles. The molecule has 0 aliphatic heterocycles. The molecule has 4 heteroatoms. The van der Waals surface area contributed by atoms with E-state index in [9.17, 15) is 0 Å². The van der Waals surface area contributed by atoms with E-state index in [0.717, 1.165) is 0 Å². The molecule has 0 bridgehead atoms. The summed E-state index contributed by atoms with van der Waals surface area (Å²) >= 11 is 0. The van der Waals surface area contributed by atoms with Gasteiger partial charge in [0.1, 0.15) is 0 Å². The first-order valence-corrected chi connectivity index (χ1v) is 7.45. The van der Waals surface area contributed by atoms with Crippen molar-refractivity contribution in [2.75, 3.05) is 26.4 Å². The third kappa shape index (κ3) is 4.90. The average molecular weight is 266 g/mol. The zero-order valence-electron chi connectivity index (χ0n) is 11.4. The van der Waals surface area contributed by atoms with Crippen LogP contribution in [0.4, 0.5) is 0 Å². The van der Waals surface area contributed by atoms with Gasteiger partial charge in [-0.25, -0.2) is 0 Å². The Morgan fingerprint density at radius 2 is 1.56 bits per heavy atom.